The minimum absolute atomic E-state index is 0.950. The molecule has 4 rings (SSSR count). The van der Waals surface area contributed by atoms with Gasteiger partial charge in [-0.05, 0) is 125 Å². The van der Waals surface area contributed by atoms with E-state index in [1.165, 1.54) is 50.2 Å². The molecule has 4 heterocycles. The molecule has 2 aromatic rings. The molecule has 0 atom stereocenters. The highest BCUT2D eigenvalue weighted by Gasteiger charge is 2.26. The van der Waals surface area contributed by atoms with E-state index in [1.54, 1.807) is 0 Å². The molecular weight excluding hydrogens is 416 g/mol. The monoisotopic (exact) mass is 454 g/mol. The summed E-state index contributed by atoms with van der Waals surface area (Å²) >= 11 is 0. The lowest BCUT2D eigenvalue weighted by atomic mass is 9.97. The SMILES string of the molecule is CCC1=C(C)/C(=C/c2[nH]c(C)c(C)c2C)N=C1c1[nH]c(/C=C2\N=C(C)C(C)=C2C)c(C)c1CC. The summed E-state index contributed by atoms with van der Waals surface area (Å²) in [5, 5.41) is 0. The predicted octanol–water partition coefficient (Wildman–Crippen LogP) is 7.86. The van der Waals surface area contributed by atoms with Crippen LogP contribution >= 0.6 is 0 Å². The summed E-state index contributed by atoms with van der Waals surface area (Å²) in [6, 6.07) is 0. The van der Waals surface area contributed by atoms with Crippen molar-refractivity contribution in [3.05, 3.63) is 78.7 Å². The standard InChI is InChI=1S/C30H38N4/c1-11-23-19(7)27(13-25-17(5)15(3)21(9)31-25)33-29(23)30-24(12-2)20(8)28(34-30)14-26-18(6)16(4)22(10)32-26/h13-14,31,34H,11-12H2,1-10H3/b26-14-,27-13-. The first-order valence-corrected chi connectivity index (χ1v) is 12.4. The fourth-order valence-electron chi connectivity index (χ4n) is 5.07. The quantitative estimate of drug-likeness (QED) is 0.462. The molecule has 2 aromatic heterocycles. The molecule has 34 heavy (non-hydrogen) atoms. The number of aryl methyl sites for hydroxylation is 1. The minimum Gasteiger partial charge on any atom is -0.359 e. The fourth-order valence-corrected chi connectivity index (χ4v) is 5.07. The number of aromatic nitrogens is 2. The number of nitrogens with zero attached hydrogens (tertiary/aromatic N) is 2. The molecule has 2 N–H and O–H groups in total. The molecule has 0 unspecified atom stereocenters. The van der Waals surface area contributed by atoms with Crippen LogP contribution in [0.1, 0.15) is 93.0 Å². The molecule has 2 aliphatic rings. The van der Waals surface area contributed by atoms with Gasteiger partial charge >= 0.3 is 0 Å². The van der Waals surface area contributed by atoms with Gasteiger partial charge in [0.1, 0.15) is 0 Å². The van der Waals surface area contributed by atoms with E-state index in [0.29, 0.717) is 0 Å². The smallest absolute Gasteiger partial charge is 0.0910 e. The predicted molar refractivity (Wildman–Crippen MR) is 147 cm³/mol. The van der Waals surface area contributed by atoms with E-state index < -0.39 is 0 Å². The lowest BCUT2D eigenvalue weighted by Gasteiger charge is -2.06. The van der Waals surface area contributed by atoms with Crippen LogP contribution in [0.4, 0.5) is 0 Å². The van der Waals surface area contributed by atoms with Gasteiger partial charge in [0, 0.05) is 22.8 Å². The summed E-state index contributed by atoms with van der Waals surface area (Å²) in [6.07, 6.45) is 6.32. The van der Waals surface area contributed by atoms with Crippen molar-refractivity contribution in [2.24, 2.45) is 9.98 Å². The van der Waals surface area contributed by atoms with Gasteiger partial charge in [0.15, 0.2) is 0 Å². The van der Waals surface area contributed by atoms with Gasteiger partial charge in [-0.25, -0.2) is 4.99 Å². The van der Waals surface area contributed by atoms with E-state index in [1.807, 2.05) is 0 Å². The average Bonchev–Trinajstić information content (AvgIpc) is 3.45. The number of hydrogen-bond acceptors (Lipinski definition) is 2. The van der Waals surface area contributed by atoms with Crippen molar-refractivity contribution in [2.45, 2.75) is 82.1 Å². The highest BCUT2D eigenvalue weighted by atomic mass is 14.9. The summed E-state index contributed by atoms with van der Waals surface area (Å²) in [7, 11) is 0. The maximum absolute atomic E-state index is 5.20. The zero-order chi connectivity index (χ0) is 24.9. The maximum Gasteiger partial charge on any atom is 0.0910 e. The fraction of sp³-hybridized carbons (Fsp3) is 0.400. The Kier molecular flexibility index (Phi) is 6.28. The third-order valence-electron chi connectivity index (χ3n) is 7.91. The number of aliphatic imine (C=N–C) groups is 2. The van der Waals surface area contributed by atoms with Crippen molar-refractivity contribution in [1.29, 1.82) is 0 Å². The number of rotatable bonds is 5. The van der Waals surface area contributed by atoms with Crippen molar-refractivity contribution in [1.82, 2.24) is 9.97 Å². The largest absolute Gasteiger partial charge is 0.359 e. The van der Waals surface area contributed by atoms with Crippen LogP contribution in [0.25, 0.3) is 12.2 Å². The number of nitrogens with one attached hydrogen (secondary N) is 2. The second-order valence-corrected chi connectivity index (χ2v) is 9.71. The summed E-state index contributed by atoms with van der Waals surface area (Å²) < 4.78 is 0. The van der Waals surface area contributed by atoms with Gasteiger partial charge in [-0.2, -0.15) is 0 Å². The molecule has 2 aliphatic heterocycles. The first kappa shape index (κ1) is 24.0. The molecule has 0 aromatic carbocycles. The molecule has 0 spiro atoms. The Hall–Kier alpha value is -3.14. The normalized spacial score (nSPS) is 18.8. The second-order valence-electron chi connectivity index (χ2n) is 9.71. The minimum atomic E-state index is 0.950. The number of hydrogen-bond donors (Lipinski definition) is 2. The Morgan fingerprint density at radius 1 is 0.647 bits per heavy atom. The Morgan fingerprint density at radius 3 is 1.76 bits per heavy atom. The van der Waals surface area contributed by atoms with Gasteiger partial charge in [0.25, 0.3) is 0 Å². The van der Waals surface area contributed by atoms with Gasteiger partial charge < -0.3 is 9.97 Å². The number of H-pyrrole nitrogens is 2. The molecule has 0 saturated heterocycles. The maximum atomic E-state index is 5.20. The summed E-state index contributed by atoms with van der Waals surface area (Å²) in [5.74, 6) is 0. The van der Waals surface area contributed by atoms with E-state index in [2.05, 4.69) is 91.4 Å². The molecule has 0 radical (unpaired) electrons. The highest BCUT2D eigenvalue weighted by Crippen LogP contribution is 2.35. The third-order valence-corrected chi connectivity index (χ3v) is 7.91. The van der Waals surface area contributed by atoms with Crippen molar-refractivity contribution >= 4 is 23.6 Å². The van der Waals surface area contributed by atoms with Crippen molar-refractivity contribution < 1.29 is 0 Å². The van der Waals surface area contributed by atoms with Gasteiger partial charge in [-0.3, -0.25) is 4.99 Å². The second kappa shape index (κ2) is 8.90. The zero-order valence-electron chi connectivity index (χ0n) is 22.5. The molecule has 4 nitrogen and oxygen atoms in total. The van der Waals surface area contributed by atoms with Gasteiger partial charge in [0.2, 0.25) is 0 Å². The average molecular weight is 455 g/mol. The Balaban J connectivity index is 1.84. The Morgan fingerprint density at radius 2 is 1.26 bits per heavy atom. The first-order chi connectivity index (χ1) is 16.1. The van der Waals surface area contributed by atoms with Crippen molar-refractivity contribution in [3.8, 4) is 0 Å². The van der Waals surface area contributed by atoms with Crippen LogP contribution in [-0.4, -0.2) is 21.4 Å². The van der Waals surface area contributed by atoms with E-state index in [-0.39, 0.29) is 0 Å². The van der Waals surface area contributed by atoms with E-state index in [4.69, 9.17) is 9.98 Å². The Bertz CT molecular complexity index is 1370. The molecule has 0 saturated carbocycles. The van der Waals surface area contributed by atoms with Gasteiger partial charge in [-0.1, -0.05) is 13.8 Å². The molecule has 0 aliphatic carbocycles. The van der Waals surface area contributed by atoms with Crippen LogP contribution in [0.5, 0.6) is 0 Å². The number of allylic oxidation sites excluding steroid dienone is 4. The van der Waals surface area contributed by atoms with Crippen LogP contribution in [0.15, 0.2) is 43.7 Å². The summed E-state index contributed by atoms with van der Waals surface area (Å²) in [4.78, 5) is 17.3. The highest BCUT2D eigenvalue weighted by molar-refractivity contribution is 6.16. The molecule has 4 heteroatoms. The van der Waals surface area contributed by atoms with E-state index in [0.717, 1.165) is 52.7 Å². The van der Waals surface area contributed by atoms with Gasteiger partial charge in [0.05, 0.1) is 22.8 Å². The lowest BCUT2D eigenvalue weighted by Crippen LogP contribution is -2.06. The molecule has 178 valence electrons. The summed E-state index contributed by atoms with van der Waals surface area (Å²) in [6.45, 7) is 21.7. The van der Waals surface area contributed by atoms with Crippen LogP contribution in [0, 0.1) is 27.7 Å². The van der Waals surface area contributed by atoms with Crippen LogP contribution < -0.4 is 0 Å². The third kappa shape index (κ3) is 3.79. The number of aromatic amines is 2. The molecule has 0 fully saturated rings. The van der Waals surface area contributed by atoms with Crippen molar-refractivity contribution in [3.63, 3.8) is 0 Å². The Labute approximate surface area is 204 Å². The topological polar surface area (TPSA) is 56.3 Å². The first-order valence-electron chi connectivity index (χ1n) is 12.4. The van der Waals surface area contributed by atoms with E-state index in [9.17, 15) is 0 Å². The van der Waals surface area contributed by atoms with Crippen LogP contribution in [0.3, 0.4) is 0 Å². The van der Waals surface area contributed by atoms with Crippen LogP contribution in [-0.2, 0) is 6.42 Å². The lowest BCUT2D eigenvalue weighted by molar-refractivity contribution is 1.10. The van der Waals surface area contributed by atoms with Gasteiger partial charge in [-0.15, -0.1) is 0 Å². The molecule has 0 bridgehead atoms. The van der Waals surface area contributed by atoms with Crippen molar-refractivity contribution in [2.75, 3.05) is 0 Å². The van der Waals surface area contributed by atoms with E-state index >= 15 is 0 Å². The summed E-state index contributed by atoms with van der Waals surface area (Å²) in [5.41, 5.74) is 19.3. The molecular formula is C30H38N4. The van der Waals surface area contributed by atoms with Crippen LogP contribution in [0.2, 0.25) is 0 Å². The molecule has 0 amide bonds. The zero-order valence-corrected chi connectivity index (χ0v) is 22.5.